The fourth-order valence-corrected chi connectivity index (χ4v) is 2.58. The number of hydrogen-bond donors (Lipinski definition) is 3. The zero-order valence-electron chi connectivity index (χ0n) is 11.9. The summed E-state index contributed by atoms with van der Waals surface area (Å²) < 4.78 is 0. The maximum Gasteiger partial charge on any atom is 0.314 e. The molecule has 0 saturated carbocycles. The van der Waals surface area contributed by atoms with Gasteiger partial charge in [0.2, 0.25) is 0 Å². The highest BCUT2D eigenvalue weighted by Crippen LogP contribution is 2.15. The fourth-order valence-electron chi connectivity index (χ4n) is 1.99. The predicted octanol–water partition coefficient (Wildman–Crippen LogP) is 2.03. The number of benzene rings is 1. The smallest absolute Gasteiger partial charge is 0.314 e. The number of carbonyl (C=O) groups is 1. The fraction of sp³-hybridized carbons (Fsp3) is 0.333. The maximum absolute atomic E-state index is 11.6. The standard InChI is InChI=1S/C15H19N3O2S/c1-11-4-2-3-5-13(11)14(19)8-17-15(20)16-7-6-12-9-21-10-18-12/h2-5,9-10,14,19H,6-8H2,1H3,(H2,16,17,20). The summed E-state index contributed by atoms with van der Waals surface area (Å²) in [6, 6.07) is 7.32. The lowest BCUT2D eigenvalue weighted by Gasteiger charge is -2.14. The van der Waals surface area contributed by atoms with E-state index in [-0.39, 0.29) is 12.6 Å². The number of aliphatic hydroxyl groups excluding tert-OH is 1. The third-order valence-electron chi connectivity index (χ3n) is 3.15. The van der Waals surface area contributed by atoms with Gasteiger partial charge in [-0.25, -0.2) is 9.78 Å². The highest BCUT2D eigenvalue weighted by Gasteiger charge is 2.11. The Kier molecular flexibility index (Phi) is 5.71. The number of thiazole rings is 1. The lowest BCUT2D eigenvalue weighted by Crippen LogP contribution is -2.38. The van der Waals surface area contributed by atoms with Crippen LogP contribution < -0.4 is 10.6 Å². The molecule has 0 spiro atoms. The summed E-state index contributed by atoms with van der Waals surface area (Å²) in [5, 5.41) is 17.5. The lowest BCUT2D eigenvalue weighted by atomic mass is 10.0. The Morgan fingerprint density at radius 2 is 2.19 bits per heavy atom. The van der Waals surface area contributed by atoms with Crippen molar-refractivity contribution in [3.63, 3.8) is 0 Å². The van der Waals surface area contributed by atoms with Crippen LogP contribution in [0, 0.1) is 6.92 Å². The van der Waals surface area contributed by atoms with Crippen LogP contribution in [0.25, 0.3) is 0 Å². The van der Waals surface area contributed by atoms with Gasteiger partial charge in [0.25, 0.3) is 0 Å². The summed E-state index contributed by atoms with van der Waals surface area (Å²) in [6.45, 7) is 2.65. The van der Waals surface area contributed by atoms with Crippen LogP contribution in [0.1, 0.15) is 22.9 Å². The summed E-state index contributed by atoms with van der Waals surface area (Å²) in [6.07, 6.45) is 0.00700. The van der Waals surface area contributed by atoms with E-state index < -0.39 is 6.10 Å². The molecule has 0 aliphatic heterocycles. The Bertz CT molecular complexity index is 572. The van der Waals surface area contributed by atoms with Crippen LogP contribution in [0.4, 0.5) is 4.79 Å². The van der Waals surface area contributed by atoms with Crippen LogP contribution >= 0.6 is 11.3 Å². The number of aryl methyl sites for hydroxylation is 1. The first kappa shape index (κ1) is 15.5. The number of aliphatic hydroxyl groups is 1. The van der Waals surface area contributed by atoms with E-state index in [9.17, 15) is 9.90 Å². The number of urea groups is 1. The second-order valence-electron chi connectivity index (χ2n) is 4.74. The molecular weight excluding hydrogens is 286 g/mol. The molecule has 0 aliphatic carbocycles. The molecule has 0 saturated heterocycles. The van der Waals surface area contributed by atoms with E-state index >= 15 is 0 Å². The van der Waals surface area contributed by atoms with Crippen molar-refractivity contribution in [1.29, 1.82) is 0 Å². The number of hydrogen-bond acceptors (Lipinski definition) is 4. The van der Waals surface area contributed by atoms with Crippen LogP contribution in [0.15, 0.2) is 35.2 Å². The van der Waals surface area contributed by atoms with Gasteiger partial charge >= 0.3 is 6.03 Å². The van der Waals surface area contributed by atoms with Gasteiger partial charge in [-0.15, -0.1) is 11.3 Å². The van der Waals surface area contributed by atoms with E-state index in [0.29, 0.717) is 13.0 Å². The van der Waals surface area contributed by atoms with Crippen molar-refractivity contribution < 1.29 is 9.90 Å². The first-order chi connectivity index (χ1) is 10.2. The molecule has 1 heterocycles. The van der Waals surface area contributed by atoms with Crippen molar-refractivity contribution >= 4 is 17.4 Å². The highest BCUT2D eigenvalue weighted by atomic mass is 32.1. The van der Waals surface area contributed by atoms with E-state index in [4.69, 9.17) is 0 Å². The van der Waals surface area contributed by atoms with E-state index in [1.54, 1.807) is 5.51 Å². The summed E-state index contributed by atoms with van der Waals surface area (Å²) in [5.74, 6) is 0. The molecule has 1 aromatic heterocycles. The van der Waals surface area contributed by atoms with Crippen molar-refractivity contribution in [2.45, 2.75) is 19.4 Å². The Morgan fingerprint density at radius 3 is 2.90 bits per heavy atom. The second-order valence-corrected chi connectivity index (χ2v) is 5.46. The lowest BCUT2D eigenvalue weighted by molar-refractivity contribution is 0.172. The molecule has 112 valence electrons. The van der Waals surface area contributed by atoms with Crippen molar-refractivity contribution in [2.24, 2.45) is 0 Å². The van der Waals surface area contributed by atoms with Crippen LogP contribution in [0.5, 0.6) is 0 Å². The van der Waals surface area contributed by atoms with Crippen molar-refractivity contribution in [2.75, 3.05) is 13.1 Å². The van der Waals surface area contributed by atoms with Crippen molar-refractivity contribution in [3.05, 3.63) is 52.0 Å². The molecule has 6 heteroatoms. The van der Waals surface area contributed by atoms with Crippen LogP contribution in [0.3, 0.4) is 0 Å². The molecular formula is C15H19N3O2S. The predicted molar refractivity (Wildman–Crippen MR) is 83.4 cm³/mol. The topological polar surface area (TPSA) is 74.2 Å². The van der Waals surface area contributed by atoms with Gasteiger partial charge in [0.15, 0.2) is 0 Å². The molecule has 0 fully saturated rings. The first-order valence-electron chi connectivity index (χ1n) is 6.79. The Balaban J connectivity index is 1.70. The largest absolute Gasteiger partial charge is 0.387 e. The van der Waals surface area contributed by atoms with E-state index in [1.807, 2.05) is 36.6 Å². The van der Waals surface area contributed by atoms with Crippen molar-refractivity contribution in [3.8, 4) is 0 Å². The number of carbonyl (C=O) groups excluding carboxylic acids is 1. The number of amides is 2. The molecule has 2 amide bonds. The third-order valence-corrected chi connectivity index (χ3v) is 3.79. The maximum atomic E-state index is 11.6. The minimum Gasteiger partial charge on any atom is -0.387 e. The number of aromatic nitrogens is 1. The van der Waals surface area contributed by atoms with Gasteiger partial charge in [-0.3, -0.25) is 0 Å². The van der Waals surface area contributed by atoms with Gasteiger partial charge in [0.05, 0.1) is 17.3 Å². The zero-order valence-corrected chi connectivity index (χ0v) is 12.7. The second kappa shape index (κ2) is 7.75. The third kappa shape index (κ3) is 4.84. The molecule has 3 N–H and O–H groups in total. The SMILES string of the molecule is Cc1ccccc1C(O)CNC(=O)NCCc1cscn1. The Morgan fingerprint density at radius 1 is 1.38 bits per heavy atom. The quantitative estimate of drug-likeness (QED) is 0.764. The summed E-state index contributed by atoms with van der Waals surface area (Å²) in [5.41, 5.74) is 4.59. The molecule has 1 aromatic carbocycles. The normalized spacial score (nSPS) is 11.9. The minimum absolute atomic E-state index is 0.188. The number of nitrogens with one attached hydrogen (secondary N) is 2. The monoisotopic (exact) mass is 305 g/mol. The molecule has 0 radical (unpaired) electrons. The van der Waals surface area contributed by atoms with Crippen molar-refractivity contribution in [1.82, 2.24) is 15.6 Å². The molecule has 2 rings (SSSR count). The Hall–Kier alpha value is -1.92. The molecule has 0 bridgehead atoms. The average molecular weight is 305 g/mol. The Labute approximate surface area is 128 Å². The van der Waals surface area contributed by atoms with Gasteiger partial charge in [0, 0.05) is 24.9 Å². The van der Waals surface area contributed by atoms with Crippen LogP contribution in [0.2, 0.25) is 0 Å². The van der Waals surface area contributed by atoms with E-state index in [0.717, 1.165) is 16.8 Å². The van der Waals surface area contributed by atoms with Gasteiger partial charge in [0.1, 0.15) is 0 Å². The summed E-state index contributed by atoms with van der Waals surface area (Å²) in [4.78, 5) is 15.8. The van der Waals surface area contributed by atoms with E-state index in [1.165, 1.54) is 11.3 Å². The molecule has 21 heavy (non-hydrogen) atoms. The highest BCUT2D eigenvalue weighted by molar-refractivity contribution is 7.07. The summed E-state index contributed by atoms with van der Waals surface area (Å²) in [7, 11) is 0. The number of rotatable bonds is 6. The van der Waals surface area contributed by atoms with Crippen LogP contribution in [-0.4, -0.2) is 29.2 Å². The van der Waals surface area contributed by atoms with Gasteiger partial charge in [-0.1, -0.05) is 24.3 Å². The zero-order chi connectivity index (χ0) is 15.1. The molecule has 0 aliphatic rings. The summed E-state index contributed by atoms with van der Waals surface area (Å²) >= 11 is 1.54. The minimum atomic E-state index is -0.699. The van der Waals surface area contributed by atoms with Gasteiger partial charge in [-0.05, 0) is 18.1 Å². The molecule has 1 atom stereocenters. The first-order valence-corrected chi connectivity index (χ1v) is 7.73. The van der Waals surface area contributed by atoms with Gasteiger partial charge in [-0.2, -0.15) is 0 Å². The van der Waals surface area contributed by atoms with Gasteiger partial charge < -0.3 is 15.7 Å². The molecule has 2 aromatic rings. The number of nitrogens with zero attached hydrogens (tertiary/aromatic N) is 1. The average Bonchev–Trinajstić information content (AvgIpc) is 2.98. The molecule has 5 nitrogen and oxygen atoms in total. The molecule has 1 unspecified atom stereocenters. The van der Waals surface area contributed by atoms with Crippen LogP contribution in [-0.2, 0) is 6.42 Å². The van der Waals surface area contributed by atoms with E-state index in [2.05, 4.69) is 15.6 Å².